The van der Waals surface area contributed by atoms with Gasteiger partial charge >= 0.3 is 0 Å². The highest BCUT2D eigenvalue weighted by Gasteiger charge is 2.40. The molecule has 6 heteroatoms. The second-order valence-electron chi connectivity index (χ2n) is 7.93. The average Bonchev–Trinajstić information content (AvgIpc) is 3.14. The van der Waals surface area contributed by atoms with Crippen molar-refractivity contribution in [1.29, 1.82) is 0 Å². The molecule has 0 atom stereocenters. The molecule has 2 aliphatic rings. The first-order valence-corrected chi connectivity index (χ1v) is 10.2. The van der Waals surface area contributed by atoms with Crippen molar-refractivity contribution in [3.8, 4) is 0 Å². The number of hydrogen-bond acceptors (Lipinski definition) is 6. The smallest absolute Gasteiger partial charge is 0.171 e. The topological polar surface area (TPSA) is 50.7 Å². The van der Waals surface area contributed by atoms with Crippen LogP contribution in [0.4, 0.5) is 11.6 Å². The summed E-state index contributed by atoms with van der Waals surface area (Å²) in [7, 11) is 0. The van der Waals surface area contributed by atoms with Crippen LogP contribution in [0.3, 0.4) is 0 Å². The minimum atomic E-state index is -0.362. The molecule has 4 rings (SSSR count). The molecular weight excluding hydrogens is 352 g/mol. The van der Waals surface area contributed by atoms with Gasteiger partial charge in [0.05, 0.1) is 13.2 Å². The van der Waals surface area contributed by atoms with E-state index in [0.717, 1.165) is 49.9 Å². The molecule has 6 nitrogen and oxygen atoms in total. The van der Waals surface area contributed by atoms with E-state index >= 15 is 0 Å². The largest absolute Gasteiger partial charge is 0.356 e. The predicted molar refractivity (Wildman–Crippen MR) is 111 cm³/mol. The van der Waals surface area contributed by atoms with Crippen molar-refractivity contribution >= 4 is 11.6 Å². The van der Waals surface area contributed by atoms with Gasteiger partial charge in [0.15, 0.2) is 5.79 Å². The Labute approximate surface area is 167 Å². The Morgan fingerprint density at radius 2 is 1.75 bits per heavy atom. The maximum absolute atomic E-state index is 5.86. The summed E-state index contributed by atoms with van der Waals surface area (Å²) in [6.07, 6.45) is 1.76. The number of nitrogens with zero attached hydrogens (tertiary/aromatic N) is 4. The van der Waals surface area contributed by atoms with Gasteiger partial charge in [-0.3, -0.25) is 0 Å². The first-order valence-electron chi connectivity index (χ1n) is 10.2. The molecule has 2 aromatic rings. The number of aromatic nitrogens is 2. The minimum Gasteiger partial charge on any atom is -0.356 e. The van der Waals surface area contributed by atoms with Crippen molar-refractivity contribution in [3.05, 3.63) is 47.8 Å². The van der Waals surface area contributed by atoms with Crippen LogP contribution in [-0.4, -0.2) is 48.1 Å². The van der Waals surface area contributed by atoms with Crippen LogP contribution in [0.1, 0.15) is 38.1 Å². The molecule has 1 aromatic heterocycles. The van der Waals surface area contributed by atoms with E-state index in [4.69, 9.17) is 19.4 Å². The number of anilines is 2. The fourth-order valence-corrected chi connectivity index (χ4v) is 4.02. The first-order chi connectivity index (χ1) is 13.5. The van der Waals surface area contributed by atoms with Gasteiger partial charge in [-0.25, -0.2) is 9.97 Å². The number of benzene rings is 1. The Morgan fingerprint density at radius 3 is 2.39 bits per heavy atom. The van der Waals surface area contributed by atoms with E-state index in [2.05, 4.69) is 60.0 Å². The predicted octanol–water partition coefficient (Wildman–Crippen LogP) is 3.54. The van der Waals surface area contributed by atoms with Crippen LogP contribution >= 0.6 is 0 Å². The Hall–Kier alpha value is -2.18. The van der Waals surface area contributed by atoms with Gasteiger partial charge in [0, 0.05) is 44.6 Å². The van der Waals surface area contributed by atoms with Gasteiger partial charge in [-0.05, 0) is 26.3 Å². The Morgan fingerprint density at radius 1 is 1.07 bits per heavy atom. The van der Waals surface area contributed by atoms with Gasteiger partial charge in [0.1, 0.15) is 17.5 Å². The molecule has 0 amide bonds. The molecule has 0 saturated carbocycles. The lowest BCUT2D eigenvalue weighted by atomic mass is 10.0. The van der Waals surface area contributed by atoms with E-state index in [-0.39, 0.29) is 5.79 Å². The monoisotopic (exact) mass is 382 g/mol. The van der Waals surface area contributed by atoms with Crippen LogP contribution in [-0.2, 0) is 16.0 Å². The molecule has 0 aliphatic carbocycles. The van der Waals surface area contributed by atoms with Gasteiger partial charge in [0.2, 0.25) is 0 Å². The molecule has 0 unspecified atom stereocenters. The Bertz CT molecular complexity index is 780. The van der Waals surface area contributed by atoms with Crippen molar-refractivity contribution in [1.82, 2.24) is 9.97 Å². The number of ether oxygens (including phenoxy) is 2. The minimum absolute atomic E-state index is 0.340. The molecule has 0 N–H and O–H groups in total. The summed E-state index contributed by atoms with van der Waals surface area (Å²) in [6.45, 7) is 10.4. The highest BCUT2D eigenvalue weighted by atomic mass is 16.7. The van der Waals surface area contributed by atoms with Gasteiger partial charge in [0.25, 0.3) is 0 Å². The lowest BCUT2D eigenvalue weighted by Gasteiger charge is -2.38. The molecule has 150 valence electrons. The van der Waals surface area contributed by atoms with Crippen LogP contribution < -0.4 is 9.80 Å². The molecule has 0 bridgehead atoms. The van der Waals surface area contributed by atoms with E-state index in [1.165, 1.54) is 5.56 Å². The highest BCUT2D eigenvalue weighted by molar-refractivity contribution is 5.52. The van der Waals surface area contributed by atoms with Crippen molar-refractivity contribution in [2.24, 2.45) is 0 Å². The number of hydrogen-bond donors (Lipinski definition) is 0. The standard InChI is InChI=1S/C22H30N4O2/c1-17(2)26(16-19-7-5-4-6-8-19)21-15-20(23-18(3)24-21)25-11-9-22(10-12-25)27-13-14-28-22/h4-8,15,17H,9-14,16H2,1-3H3. The summed E-state index contributed by atoms with van der Waals surface area (Å²) in [5, 5.41) is 0. The molecule has 2 fully saturated rings. The summed E-state index contributed by atoms with van der Waals surface area (Å²) in [5.41, 5.74) is 1.28. The van der Waals surface area contributed by atoms with E-state index in [1.807, 2.05) is 6.92 Å². The first kappa shape index (κ1) is 19.2. The van der Waals surface area contributed by atoms with Crippen LogP contribution in [0.25, 0.3) is 0 Å². The molecule has 3 heterocycles. The highest BCUT2D eigenvalue weighted by Crippen LogP contribution is 2.33. The van der Waals surface area contributed by atoms with Crippen molar-refractivity contribution in [3.63, 3.8) is 0 Å². The van der Waals surface area contributed by atoms with E-state index in [9.17, 15) is 0 Å². The molecule has 28 heavy (non-hydrogen) atoms. The maximum atomic E-state index is 5.86. The SMILES string of the molecule is Cc1nc(N2CCC3(CC2)OCCO3)cc(N(Cc2ccccc2)C(C)C)n1. The number of piperidine rings is 1. The normalized spacial score (nSPS) is 18.8. The second kappa shape index (κ2) is 8.05. The van der Waals surface area contributed by atoms with Gasteiger partial charge in [-0.2, -0.15) is 0 Å². The summed E-state index contributed by atoms with van der Waals surface area (Å²) in [5.74, 6) is 2.42. The lowest BCUT2D eigenvalue weighted by Crippen LogP contribution is -2.45. The van der Waals surface area contributed by atoms with Gasteiger partial charge in [-0.15, -0.1) is 0 Å². The fraction of sp³-hybridized carbons (Fsp3) is 0.545. The molecule has 2 saturated heterocycles. The van der Waals surface area contributed by atoms with Crippen molar-refractivity contribution in [2.75, 3.05) is 36.1 Å². The van der Waals surface area contributed by atoms with Gasteiger partial charge < -0.3 is 19.3 Å². The summed E-state index contributed by atoms with van der Waals surface area (Å²) in [4.78, 5) is 14.1. The van der Waals surface area contributed by atoms with Crippen LogP contribution in [0.15, 0.2) is 36.4 Å². The third kappa shape index (κ3) is 4.13. The zero-order valence-electron chi connectivity index (χ0n) is 17.1. The fourth-order valence-electron chi connectivity index (χ4n) is 4.02. The molecule has 1 spiro atoms. The van der Waals surface area contributed by atoms with Crippen molar-refractivity contribution in [2.45, 2.75) is 52.0 Å². The zero-order valence-corrected chi connectivity index (χ0v) is 17.1. The van der Waals surface area contributed by atoms with Gasteiger partial charge in [-0.1, -0.05) is 30.3 Å². The lowest BCUT2D eigenvalue weighted by molar-refractivity contribution is -0.169. The summed E-state index contributed by atoms with van der Waals surface area (Å²) < 4.78 is 11.7. The molecule has 0 radical (unpaired) electrons. The van der Waals surface area contributed by atoms with Crippen LogP contribution in [0.5, 0.6) is 0 Å². The third-order valence-electron chi connectivity index (χ3n) is 5.59. The molecule has 2 aliphatic heterocycles. The maximum Gasteiger partial charge on any atom is 0.171 e. The average molecular weight is 383 g/mol. The molecular formula is C22H30N4O2. The third-order valence-corrected chi connectivity index (χ3v) is 5.59. The summed E-state index contributed by atoms with van der Waals surface area (Å²) in [6, 6.07) is 13.0. The second-order valence-corrected chi connectivity index (χ2v) is 7.93. The summed E-state index contributed by atoms with van der Waals surface area (Å²) >= 11 is 0. The zero-order chi connectivity index (χ0) is 19.6. The Balaban J connectivity index is 1.54. The number of rotatable bonds is 5. The van der Waals surface area contributed by atoms with Crippen molar-refractivity contribution < 1.29 is 9.47 Å². The van der Waals surface area contributed by atoms with E-state index in [1.54, 1.807) is 0 Å². The van der Waals surface area contributed by atoms with Crippen LogP contribution in [0.2, 0.25) is 0 Å². The van der Waals surface area contributed by atoms with E-state index < -0.39 is 0 Å². The van der Waals surface area contributed by atoms with Crippen LogP contribution in [0, 0.1) is 6.92 Å². The number of aryl methyl sites for hydroxylation is 1. The molecule has 1 aromatic carbocycles. The Kier molecular flexibility index (Phi) is 5.51. The quantitative estimate of drug-likeness (QED) is 0.788. The van der Waals surface area contributed by atoms with E-state index in [0.29, 0.717) is 19.3 Å².